The number of methoxy groups -OCH3 is 1. The number of nitrogens with one attached hydrogen (secondary N) is 1. The monoisotopic (exact) mass is 281 g/mol. The SMILES string of the molecule is COC(c1noc(C2(O)CCNC2)n1)C1CCCCC1. The van der Waals surface area contributed by atoms with Crippen LogP contribution in [-0.4, -0.2) is 35.4 Å². The predicted octanol–water partition coefficient (Wildman–Crippen LogP) is 1.52. The number of rotatable bonds is 4. The third-order valence-electron chi connectivity index (χ3n) is 4.56. The first-order valence-corrected chi connectivity index (χ1v) is 7.53. The highest BCUT2D eigenvalue weighted by molar-refractivity contribution is 5.05. The Balaban J connectivity index is 1.77. The zero-order valence-corrected chi connectivity index (χ0v) is 12.0. The summed E-state index contributed by atoms with van der Waals surface area (Å²) < 4.78 is 10.9. The number of aromatic nitrogens is 2. The number of hydrogen-bond donors (Lipinski definition) is 2. The van der Waals surface area contributed by atoms with Crippen LogP contribution in [0.25, 0.3) is 0 Å². The average molecular weight is 281 g/mol. The summed E-state index contributed by atoms with van der Waals surface area (Å²) in [5.74, 6) is 1.35. The summed E-state index contributed by atoms with van der Waals surface area (Å²) >= 11 is 0. The fraction of sp³-hybridized carbons (Fsp3) is 0.857. The Morgan fingerprint density at radius 3 is 2.85 bits per heavy atom. The summed E-state index contributed by atoms with van der Waals surface area (Å²) in [4.78, 5) is 4.42. The molecule has 1 saturated heterocycles. The molecule has 2 heterocycles. The zero-order chi connectivity index (χ0) is 14.0. The number of nitrogens with zero attached hydrogens (tertiary/aromatic N) is 2. The summed E-state index contributed by atoms with van der Waals surface area (Å²) in [5.41, 5.74) is -1.02. The number of ether oxygens (including phenoxy) is 1. The Kier molecular flexibility index (Phi) is 4.05. The first-order chi connectivity index (χ1) is 9.73. The van der Waals surface area contributed by atoms with Crippen LogP contribution in [0.3, 0.4) is 0 Å². The lowest BCUT2D eigenvalue weighted by molar-refractivity contribution is 0.0239. The third kappa shape index (κ3) is 2.60. The molecular weight excluding hydrogens is 258 g/mol. The summed E-state index contributed by atoms with van der Waals surface area (Å²) in [5, 5.41) is 17.6. The highest BCUT2D eigenvalue weighted by Crippen LogP contribution is 2.36. The van der Waals surface area contributed by atoms with Crippen LogP contribution in [0, 0.1) is 5.92 Å². The third-order valence-corrected chi connectivity index (χ3v) is 4.56. The van der Waals surface area contributed by atoms with E-state index in [9.17, 15) is 5.11 Å². The average Bonchev–Trinajstić information content (AvgIpc) is 3.11. The van der Waals surface area contributed by atoms with E-state index >= 15 is 0 Å². The molecule has 1 aliphatic heterocycles. The molecule has 0 bridgehead atoms. The van der Waals surface area contributed by atoms with Crippen LogP contribution in [-0.2, 0) is 10.3 Å². The van der Waals surface area contributed by atoms with E-state index in [1.165, 1.54) is 19.3 Å². The number of aliphatic hydroxyl groups is 1. The minimum absolute atomic E-state index is 0.120. The molecule has 112 valence electrons. The largest absolute Gasteiger partial charge is 0.379 e. The molecule has 1 saturated carbocycles. The first-order valence-electron chi connectivity index (χ1n) is 7.53. The fourth-order valence-corrected chi connectivity index (χ4v) is 3.35. The van der Waals surface area contributed by atoms with Crippen LogP contribution in [0.4, 0.5) is 0 Å². The normalized spacial score (nSPS) is 29.7. The molecule has 0 aromatic carbocycles. The Labute approximate surface area is 118 Å². The number of β-amino-alcohol motifs (C(OH)–C–C–N with tert-alkyl or cyclic N) is 1. The summed E-state index contributed by atoms with van der Waals surface area (Å²) in [7, 11) is 1.70. The van der Waals surface area contributed by atoms with Gasteiger partial charge < -0.3 is 19.7 Å². The van der Waals surface area contributed by atoms with Gasteiger partial charge in [0.2, 0.25) is 5.82 Å². The van der Waals surface area contributed by atoms with Gasteiger partial charge in [-0.2, -0.15) is 4.98 Å². The van der Waals surface area contributed by atoms with Crippen molar-refractivity contribution >= 4 is 0 Å². The molecule has 20 heavy (non-hydrogen) atoms. The van der Waals surface area contributed by atoms with Crippen molar-refractivity contribution in [3.63, 3.8) is 0 Å². The van der Waals surface area contributed by atoms with Crippen molar-refractivity contribution in [2.24, 2.45) is 5.92 Å². The Bertz CT molecular complexity index is 437. The van der Waals surface area contributed by atoms with Gasteiger partial charge in [-0.1, -0.05) is 24.4 Å². The lowest BCUT2D eigenvalue weighted by atomic mass is 9.85. The summed E-state index contributed by atoms with van der Waals surface area (Å²) in [6.07, 6.45) is 6.56. The first kappa shape index (κ1) is 14.0. The quantitative estimate of drug-likeness (QED) is 0.871. The van der Waals surface area contributed by atoms with Crippen LogP contribution >= 0.6 is 0 Å². The van der Waals surface area contributed by atoms with Crippen molar-refractivity contribution in [2.75, 3.05) is 20.2 Å². The van der Waals surface area contributed by atoms with E-state index in [4.69, 9.17) is 9.26 Å². The second kappa shape index (κ2) is 5.79. The lowest BCUT2D eigenvalue weighted by Gasteiger charge is -2.27. The Hall–Kier alpha value is -0.980. The highest BCUT2D eigenvalue weighted by Gasteiger charge is 2.40. The molecule has 6 heteroatoms. The van der Waals surface area contributed by atoms with Crippen molar-refractivity contribution in [2.45, 2.75) is 50.2 Å². The van der Waals surface area contributed by atoms with E-state index in [1.807, 2.05) is 0 Å². The molecule has 0 amide bonds. The van der Waals surface area contributed by atoms with E-state index in [1.54, 1.807) is 7.11 Å². The Morgan fingerprint density at radius 2 is 2.20 bits per heavy atom. The molecule has 3 rings (SSSR count). The van der Waals surface area contributed by atoms with Crippen LogP contribution in [0.15, 0.2) is 4.52 Å². The van der Waals surface area contributed by atoms with Gasteiger partial charge in [0.25, 0.3) is 5.89 Å². The molecule has 2 N–H and O–H groups in total. The molecule has 1 aromatic rings. The van der Waals surface area contributed by atoms with Crippen LogP contribution in [0.5, 0.6) is 0 Å². The van der Waals surface area contributed by atoms with Crippen molar-refractivity contribution < 1.29 is 14.4 Å². The molecule has 2 unspecified atom stereocenters. The van der Waals surface area contributed by atoms with Crippen molar-refractivity contribution in [3.8, 4) is 0 Å². The zero-order valence-electron chi connectivity index (χ0n) is 12.0. The van der Waals surface area contributed by atoms with Crippen molar-refractivity contribution in [1.82, 2.24) is 15.5 Å². The smallest absolute Gasteiger partial charge is 0.260 e. The number of hydrogen-bond acceptors (Lipinski definition) is 6. The maximum Gasteiger partial charge on any atom is 0.260 e. The van der Waals surface area contributed by atoms with E-state index < -0.39 is 5.60 Å². The standard InChI is InChI=1S/C14H23N3O3/c1-19-11(10-5-3-2-4-6-10)12-16-13(20-17-12)14(18)7-8-15-9-14/h10-11,15,18H,2-9H2,1H3. The second-order valence-corrected chi connectivity index (χ2v) is 5.97. The van der Waals surface area contributed by atoms with Gasteiger partial charge in [-0.15, -0.1) is 0 Å². The van der Waals surface area contributed by atoms with Gasteiger partial charge in [0.15, 0.2) is 5.60 Å². The maximum absolute atomic E-state index is 10.4. The van der Waals surface area contributed by atoms with Gasteiger partial charge in [0, 0.05) is 13.7 Å². The van der Waals surface area contributed by atoms with Gasteiger partial charge >= 0.3 is 0 Å². The molecular formula is C14H23N3O3. The van der Waals surface area contributed by atoms with Gasteiger partial charge in [-0.25, -0.2) is 0 Å². The summed E-state index contributed by atoms with van der Waals surface area (Å²) in [6.45, 7) is 1.24. The molecule has 2 aliphatic rings. The van der Waals surface area contributed by atoms with E-state index in [0.29, 0.717) is 30.6 Å². The van der Waals surface area contributed by atoms with E-state index in [0.717, 1.165) is 19.4 Å². The van der Waals surface area contributed by atoms with Gasteiger partial charge in [0.1, 0.15) is 6.10 Å². The van der Waals surface area contributed by atoms with E-state index in [2.05, 4.69) is 15.5 Å². The van der Waals surface area contributed by atoms with Crippen LogP contribution in [0.2, 0.25) is 0 Å². The Morgan fingerprint density at radius 1 is 1.40 bits per heavy atom. The summed E-state index contributed by atoms with van der Waals surface area (Å²) in [6, 6.07) is 0. The van der Waals surface area contributed by atoms with Crippen LogP contribution < -0.4 is 5.32 Å². The predicted molar refractivity (Wildman–Crippen MR) is 72.0 cm³/mol. The fourth-order valence-electron chi connectivity index (χ4n) is 3.35. The van der Waals surface area contributed by atoms with E-state index in [-0.39, 0.29) is 6.10 Å². The van der Waals surface area contributed by atoms with Crippen LogP contribution in [0.1, 0.15) is 56.3 Å². The van der Waals surface area contributed by atoms with Crippen molar-refractivity contribution in [3.05, 3.63) is 11.7 Å². The molecule has 0 radical (unpaired) electrons. The minimum Gasteiger partial charge on any atom is -0.379 e. The van der Waals surface area contributed by atoms with Gasteiger partial charge in [-0.05, 0) is 31.7 Å². The van der Waals surface area contributed by atoms with Crippen molar-refractivity contribution in [1.29, 1.82) is 0 Å². The van der Waals surface area contributed by atoms with Gasteiger partial charge in [0.05, 0.1) is 0 Å². The molecule has 0 spiro atoms. The van der Waals surface area contributed by atoms with Gasteiger partial charge in [-0.3, -0.25) is 0 Å². The topological polar surface area (TPSA) is 80.4 Å². The lowest BCUT2D eigenvalue weighted by Crippen LogP contribution is -2.29. The molecule has 2 atom stereocenters. The second-order valence-electron chi connectivity index (χ2n) is 5.97. The molecule has 2 fully saturated rings. The minimum atomic E-state index is -1.02. The maximum atomic E-state index is 10.4. The molecule has 1 aliphatic carbocycles. The molecule has 1 aromatic heterocycles. The highest BCUT2D eigenvalue weighted by atomic mass is 16.5. The molecule has 6 nitrogen and oxygen atoms in total.